The molecular formula is C5H7NO2. The Morgan fingerprint density at radius 1 is 1.88 bits per heavy atom. The predicted molar refractivity (Wildman–Crippen MR) is 27.6 cm³/mol. The standard InChI is InChI=1S/C5H7NO2/c1-5(7)6-3-2-4-8-6/h2,4H,3H2,1H3. The number of hydroxylamine groups is 2. The maximum Gasteiger partial charge on any atom is 0.252 e. The second-order valence-electron chi connectivity index (χ2n) is 1.56. The molecule has 0 radical (unpaired) electrons. The second kappa shape index (κ2) is 1.86. The zero-order chi connectivity index (χ0) is 5.98. The minimum atomic E-state index is -0.0602. The summed E-state index contributed by atoms with van der Waals surface area (Å²) in [6.07, 6.45) is 3.28. The minimum Gasteiger partial charge on any atom is -0.385 e. The lowest BCUT2D eigenvalue weighted by Crippen LogP contribution is -2.23. The summed E-state index contributed by atoms with van der Waals surface area (Å²) in [6.45, 7) is 2.04. The molecule has 0 fully saturated rings. The van der Waals surface area contributed by atoms with Gasteiger partial charge in [0.2, 0.25) is 0 Å². The van der Waals surface area contributed by atoms with Gasteiger partial charge in [0, 0.05) is 6.92 Å². The fourth-order valence-corrected chi connectivity index (χ4v) is 0.501. The lowest BCUT2D eigenvalue weighted by Gasteiger charge is -2.09. The Hall–Kier alpha value is -0.990. The van der Waals surface area contributed by atoms with Crippen LogP contribution in [0.4, 0.5) is 0 Å². The largest absolute Gasteiger partial charge is 0.385 e. The lowest BCUT2D eigenvalue weighted by atomic mass is 10.6. The molecule has 0 saturated carbocycles. The van der Waals surface area contributed by atoms with Gasteiger partial charge in [0.1, 0.15) is 6.26 Å². The van der Waals surface area contributed by atoms with E-state index in [0.717, 1.165) is 0 Å². The van der Waals surface area contributed by atoms with Crippen molar-refractivity contribution in [2.24, 2.45) is 0 Å². The van der Waals surface area contributed by atoms with Crippen molar-refractivity contribution in [2.75, 3.05) is 6.54 Å². The number of rotatable bonds is 0. The molecule has 0 aromatic carbocycles. The van der Waals surface area contributed by atoms with Gasteiger partial charge in [-0.2, -0.15) is 5.06 Å². The number of hydrogen-bond donors (Lipinski definition) is 0. The summed E-state index contributed by atoms with van der Waals surface area (Å²) >= 11 is 0. The monoisotopic (exact) mass is 113 g/mol. The van der Waals surface area contributed by atoms with Crippen molar-refractivity contribution in [2.45, 2.75) is 6.92 Å². The molecule has 0 aromatic rings. The van der Waals surface area contributed by atoms with Gasteiger partial charge in [-0.05, 0) is 6.08 Å². The van der Waals surface area contributed by atoms with E-state index in [2.05, 4.69) is 0 Å². The molecule has 1 aliphatic rings. The first-order valence-corrected chi connectivity index (χ1v) is 2.40. The molecule has 1 rings (SSSR count). The first kappa shape index (κ1) is 5.15. The van der Waals surface area contributed by atoms with E-state index in [9.17, 15) is 4.79 Å². The van der Waals surface area contributed by atoms with E-state index >= 15 is 0 Å². The zero-order valence-electron chi connectivity index (χ0n) is 4.63. The van der Waals surface area contributed by atoms with Crippen molar-refractivity contribution in [1.29, 1.82) is 0 Å². The van der Waals surface area contributed by atoms with Crippen molar-refractivity contribution >= 4 is 5.91 Å². The van der Waals surface area contributed by atoms with Gasteiger partial charge in [-0.3, -0.25) is 4.79 Å². The van der Waals surface area contributed by atoms with E-state index in [4.69, 9.17) is 4.84 Å². The quantitative estimate of drug-likeness (QED) is 0.452. The molecule has 1 heterocycles. The van der Waals surface area contributed by atoms with E-state index in [1.54, 1.807) is 6.08 Å². The molecule has 3 heteroatoms. The van der Waals surface area contributed by atoms with Gasteiger partial charge in [-0.15, -0.1) is 0 Å². The number of nitrogens with zero attached hydrogens (tertiary/aromatic N) is 1. The van der Waals surface area contributed by atoms with Gasteiger partial charge in [0.25, 0.3) is 5.91 Å². The van der Waals surface area contributed by atoms with Crippen LogP contribution < -0.4 is 0 Å². The summed E-state index contributed by atoms with van der Waals surface area (Å²) in [5.41, 5.74) is 0. The van der Waals surface area contributed by atoms with Gasteiger partial charge in [0.05, 0.1) is 6.54 Å². The average Bonchev–Trinajstić information content (AvgIpc) is 2.12. The molecule has 0 aromatic heterocycles. The Morgan fingerprint density at radius 2 is 2.62 bits per heavy atom. The molecule has 0 unspecified atom stereocenters. The third-order valence-electron chi connectivity index (χ3n) is 0.907. The molecule has 0 atom stereocenters. The molecule has 8 heavy (non-hydrogen) atoms. The van der Waals surface area contributed by atoms with E-state index in [-0.39, 0.29) is 5.91 Å². The summed E-state index contributed by atoms with van der Waals surface area (Å²) in [4.78, 5) is 15.1. The molecule has 1 amide bonds. The summed E-state index contributed by atoms with van der Waals surface area (Å²) in [6, 6.07) is 0. The number of carbonyl (C=O) groups is 1. The highest BCUT2D eigenvalue weighted by Gasteiger charge is 2.09. The van der Waals surface area contributed by atoms with Crippen LogP contribution in [0.1, 0.15) is 6.92 Å². The summed E-state index contributed by atoms with van der Waals surface area (Å²) in [5, 5.41) is 1.28. The fraction of sp³-hybridized carbons (Fsp3) is 0.400. The summed E-state index contributed by atoms with van der Waals surface area (Å²) < 4.78 is 0. The smallest absolute Gasteiger partial charge is 0.252 e. The zero-order valence-corrected chi connectivity index (χ0v) is 4.63. The van der Waals surface area contributed by atoms with Crippen molar-refractivity contribution in [3.63, 3.8) is 0 Å². The molecule has 0 bridgehead atoms. The molecule has 0 aliphatic carbocycles. The van der Waals surface area contributed by atoms with Crippen molar-refractivity contribution < 1.29 is 9.63 Å². The van der Waals surface area contributed by atoms with Crippen LogP contribution in [0.15, 0.2) is 12.3 Å². The van der Waals surface area contributed by atoms with Gasteiger partial charge >= 0.3 is 0 Å². The van der Waals surface area contributed by atoms with Crippen LogP contribution in [0.25, 0.3) is 0 Å². The van der Waals surface area contributed by atoms with Gasteiger partial charge < -0.3 is 4.84 Å². The Balaban J connectivity index is 2.41. The van der Waals surface area contributed by atoms with Crippen LogP contribution in [0, 0.1) is 0 Å². The molecule has 44 valence electrons. The first-order chi connectivity index (χ1) is 3.80. The highest BCUT2D eigenvalue weighted by molar-refractivity contribution is 5.72. The van der Waals surface area contributed by atoms with Crippen molar-refractivity contribution in [3.8, 4) is 0 Å². The highest BCUT2D eigenvalue weighted by atomic mass is 16.7. The van der Waals surface area contributed by atoms with Crippen LogP contribution in [0.3, 0.4) is 0 Å². The van der Waals surface area contributed by atoms with Crippen LogP contribution in [-0.4, -0.2) is 17.5 Å². The normalized spacial score (nSPS) is 16.4. The number of amides is 1. The van der Waals surface area contributed by atoms with E-state index in [1.807, 2.05) is 0 Å². The molecule has 0 N–H and O–H groups in total. The molecule has 0 spiro atoms. The maximum absolute atomic E-state index is 10.4. The fourth-order valence-electron chi connectivity index (χ4n) is 0.501. The summed E-state index contributed by atoms with van der Waals surface area (Å²) in [5.74, 6) is -0.0602. The lowest BCUT2D eigenvalue weighted by molar-refractivity contribution is -0.158. The Labute approximate surface area is 47.5 Å². The topological polar surface area (TPSA) is 29.5 Å². The van der Waals surface area contributed by atoms with Gasteiger partial charge in [0.15, 0.2) is 0 Å². The third kappa shape index (κ3) is 0.804. The van der Waals surface area contributed by atoms with E-state index < -0.39 is 0 Å². The molecular weight excluding hydrogens is 106 g/mol. The SMILES string of the molecule is CC(=O)N1CC=CO1. The number of carbonyl (C=O) groups excluding carboxylic acids is 1. The molecule has 1 aliphatic heterocycles. The minimum absolute atomic E-state index is 0.0602. The summed E-state index contributed by atoms with van der Waals surface area (Å²) in [7, 11) is 0. The first-order valence-electron chi connectivity index (χ1n) is 2.40. The Kier molecular flexibility index (Phi) is 1.20. The molecule has 3 nitrogen and oxygen atoms in total. The van der Waals surface area contributed by atoms with Crippen LogP contribution >= 0.6 is 0 Å². The van der Waals surface area contributed by atoms with Crippen LogP contribution in [0.2, 0.25) is 0 Å². The van der Waals surface area contributed by atoms with Crippen LogP contribution in [0.5, 0.6) is 0 Å². The van der Waals surface area contributed by atoms with Crippen molar-refractivity contribution in [3.05, 3.63) is 12.3 Å². The van der Waals surface area contributed by atoms with Crippen molar-refractivity contribution in [1.82, 2.24) is 5.06 Å². The second-order valence-corrected chi connectivity index (χ2v) is 1.56. The highest BCUT2D eigenvalue weighted by Crippen LogP contribution is 1.99. The van der Waals surface area contributed by atoms with E-state index in [1.165, 1.54) is 18.2 Å². The van der Waals surface area contributed by atoms with Gasteiger partial charge in [-0.25, -0.2) is 0 Å². The third-order valence-corrected chi connectivity index (χ3v) is 0.907. The van der Waals surface area contributed by atoms with Gasteiger partial charge in [-0.1, -0.05) is 0 Å². The van der Waals surface area contributed by atoms with Crippen LogP contribution in [-0.2, 0) is 9.63 Å². The van der Waals surface area contributed by atoms with E-state index in [0.29, 0.717) is 6.54 Å². The molecule has 0 saturated heterocycles. The Morgan fingerprint density at radius 3 is 2.88 bits per heavy atom. The number of hydrogen-bond acceptors (Lipinski definition) is 2. The Bertz CT molecular complexity index is 122. The predicted octanol–water partition coefficient (Wildman–Crippen LogP) is 0.294. The average molecular weight is 113 g/mol. The maximum atomic E-state index is 10.4.